The molecule has 3 aliphatic carbocycles. The number of esters is 3. The number of aliphatic hydroxyl groups is 3. The van der Waals surface area contributed by atoms with Gasteiger partial charge in [-0.15, -0.1) is 0 Å². The number of hydrogen-bond donors (Lipinski definition) is 4. The molecule has 2 bridgehead atoms. The molecule has 4 aliphatic rings. The van der Waals surface area contributed by atoms with E-state index in [9.17, 15) is 39.3 Å². The van der Waals surface area contributed by atoms with Gasteiger partial charge in [0.05, 0.1) is 29.6 Å². The predicted octanol–water partition coefficient (Wildman–Crippen LogP) is 4.15. The summed E-state index contributed by atoms with van der Waals surface area (Å²) < 4.78 is 28.7. The van der Waals surface area contributed by atoms with Gasteiger partial charge in [0.1, 0.15) is 35.6 Å². The van der Waals surface area contributed by atoms with Crippen LogP contribution < -0.4 is 5.73 Å². The number of hydrogen-bond acceptors (Lipinski definition) is 13. The molecule has 310 valence electrons. The van der Waals surface area contributed by atoms with Gasteiger partial charge >= 0.3 is 24.0 Å². The largest absolute Gasteiger partial charge is 0.458 e. The van der Waals surface area contributed by atoms with Gasteiger partial charge in [0.2, 0.25) is 0 Å². The van der Waals surface area contributed by atoms with Crippen molar-refractivity contribution in [3.8, 4) is 0 Å². The number of aliphatic hydroxyl groups excluding tert-OH is 2. The molecular weight excluding hydrogens is 738 g/mol. The van der Waals surface area contributed by atoms with Crippen molar-refractivity contribution >= 4 is 29.8 Å². The van der Waals surface area contributed by atoms with E-state index in [-0.39, 0.29) is 37.0 Å². The van der Waals surface area contributed by atoms with Crippen LogP contribution in [0, 0.1) is 16.7 Å². The minimum atomic E-state index is -2.14. The summed E-state index contributed by atoms with van der Waals surface area (Å²) in [4.78, 5) is 64.7. The van der Waals surface area contributed by atoms with E-state index in [0.29, 0.717) is 12.0 Å². The molecule has 0 aromatic heterocycles. The molecule has 0 spiro atoms. The first-order chi connectivity index (χ1) is 26.5. The van der Waals surface area contributed by atoms with E-state index in [2.05, 4.69) is 4.74 Å². The van der Waals surface area contributed by atoms with Crippen molar-refractivity contribution < 1.29 is 63.0 Å². The van der Waals surface area contributed by atoms with Crippen LogP contribution in [0.5, 0.6) is 0 Å². The third-order valence-corrected chi connectivity index (χ3v) is 12.1. The molecule has 3 fully saturated rings. The Labute approximate surface area is 332 Å². The van der Waals surface area contributed by atoms with Gasteiger partial charge < -0.3 is 44.7 Å². The van der Waals surface area contributed by atoms with Crippen LogP contribution >= 0.6 is 0 Å². The number of rotatable bonds is 7. The summed E-state index contributed by atoms with van der Waals surface area (Å²) in [5.41, 5.74) is -1.29. The minimum absolute atomic E-state index is 0.0281. The molecule has 0 radical (unpaired) electrons. The molecule has 2 aromatic carbocycles. The topological polar surface area (TPSA) is 218 Å². The smallest absolute Gasteiger partial charge is 0.405 e. The Kier molecular flexibility index (Phi) is 12.2. The standard InChI is InChI=1S/C38H44O11.C5H11NO2/c1-21-25(47-28(41)17-16-23-12-8-6-9-13-23)19-38(45)33(48-34(44)24-14-10-7-11-15-24)31-36(5,32(43)30(42)29(21)35(38,3)4)26(40)18-27-37(31,20-46-27)49-22(2)39;1-5(2,3)8-4(6)7/h6-15,25-27,30-31,33,40,42,45H,16-20H2,1-5H3;1-3H3,(H2,6,7)/t25-,26?,27?,30?,31?,33-,36?,37-,38?;/m0./s1. The van der Waals surface area contributed by atoms with E-state index in [1.807, 2.05) is 30.3 Å². The fraction of sp³-hybridized carbons (Fsp3) is 0.558. The molecule has 14 heteroatoms. The zero-order valence-corrected chi connectivity index (χ0v) is 33.8. The fourth-order valence-electron chi connectivity index (χ4n) is 9.18. The summed E-state index contributed by atoms with van der Waals surface area (Å²) >= 11 is 0. The van der Waals surface area contributed by atoms with Gasteiger partial charge in [0.25, 0.3) is 0 Å². The first kappa shape index (κ1) is 43.5. The first-order valence-corrected chi connectivity index (χ1v) is 19.1. The lowest BCUT2D eigenvalue weighted by atomic mass is 9.44. The number of benzene rings is 2. The van der Waals surface area contributed by atoms with Gasteiger partial charge in [0.15, 0.2) is 11.4 Å². The van der Waals surface area contributed by atoms with Gasteiger partial charge in [-0.25, -0.2) is 9.59 Å². The molecule has 1 amide bonds. The zero-order chi connectivity index (χ0) is 42.3. The zero-order valence-electron chi connectivity index (χ0n) is 33.8. The van der Waals surface area contributed by atoms with Crippen molar-refractivity contribution in [1.82, 2.24) is 0 Å². The summed E-state index contributed by atoms with van der Waals surface area (Å²) in [6.45, 7) is 12.6. The number of primary amides is 1. The van der Waals surface area contributed by atoms with E-state index in [1.54, 1.807) is 59.7 Å². The maximum atomic E-state index is 14.7. The van der Waals surface area contributed by atoms with Crippen molar-refractivity contribution in [2.45, 2.75) is 128 Å². The number of aryl methyl sites for hydroxylation is 1. The Bertz CT molecular complexity index is 1890. The first-order valence-electron chi connectivity index (χ1n) is 19.1. The summed E-state index contributed by atoms with van der Waals surface area (Å²) in [5.74, 6) is -4.29. The van der Waals surface area contributed by atoms with E-state index < -0.39 is 93.9 Å². The average molecular weight is 794 g/mol. The average Bonchev–Trinajstić information content (AvgIpc) is 3.12. The van der Waals surface area contributed by atoms with Gasteiger partial charge in [0, 0.05) is 31.6 Å². The maximum absolute atomic E-state index is 14.7. The SMILES string of the molecule is CC(=O)O[C@@]12COC1CC(O)C1(C)C(=O)C(O)C3=C(C)[C@@H](OC(=O)CCc4ccccc4)CC(O)([C@@H](OC(=O)c4ccccc4)C12)C3(C)C.CC(C)(C)OC(N)=O. The lowest BCUT2D eigenvalue weighted by Crippen LogP contribution is -2.81. The highest BCUT2D eigenvalue weighted by molar-refractivity contribution is 5.94. The Hall–Kier alpha value is -4.63. The molecule has 57 heavy (non-hydrogen) atoms. The predicted molar refractivity (Wildman–Crippen MR) is 204 cm³/mol. The van der Waals surface area contributed by atoms with Gasteiger partial charge in [-0.3, -0.25) is 14.4 Å². The summed E-state index contributed by atoms with van der Waals surface area (Å²) in [6, 6.07) is 17.5. The quantitative estimate of drug-likeness (QED) is 0.176. The Morgan fingerprint density at radius 3 is 2.05 bits per heavy atom. The van der Waals surface area contributed by atoms with Gasteiger partial charge in [-0.1, -0.05) is 62.4 Å². The van der Waals surface area contributed by atoms with Gasteiger partial charge in [-0.05, 0) is 69.9 Å². The number of fused-ring (bicyclic) bond motifs is 5. The maximum Gasteiger partial charge on any atom is 0.405 e. The third-order valence-electron chi connectivity index (χ3n) is 12.1. The van der Waals surface area contributed by atoms with Gasteiger partial charge in [-0.2, -0.15) is 0 Å². The molecule has 6 rings (SSSR count). The molecule has 9 atom stereocenters. The van der Waals surface area contributed by atoms with Crippen molar-refractivity contribution in [2.24, 2.45) is 22.5 Å². The summed E-state index contributed by atoms with van der Waals surface area (Å²) in [6.07, 6.45) is -7.64. The summed E-state index contributed by atoms with van der Waals surface area (Å²) in [5, 5.41) is 37.0. The Balaban J connectivity index is 0.000000701. The highest BCUT2D eigenvalue weighted by atomic mass is 16.6. The summed E-state index contributed by atoms with van der Waals surface area (Å²) in [7, 11) is 0. The molecular formula is C43H55NO13. The van der Waals surface area contributed by atoms with Crippen molar-refractivity contribution in [2.75, 3.05) is 6.61 Å². The molecule has 5 N–H and O–H groups in total. The van der Waals surface area contributed by atoms with Crippen molar-refractivity contribution in [1.29, 1.82) is 0 Å². The highest BCUT2D eigenvalue weighted by Crippen LogP contribution is 2.64. The number of carbonyl (C=O) groups is 5. The number of nitrogens with two attached hydrogens (primary N) is 1. The third kappa shape index (κ3) is 8.09. The van der Waals surface area contributed by atoms with Crippen LogP contribution in [0.25, 0.3) is 0 Å². The van der Waals surface area contributed by atoms with Crippen LogP contribution in [0.3, 0.4) is 0 Å². The van der Waals surface area contributed by atoms with E-state index in [0.717, 1.165) is 5.56 Å². The second-order valence-corrected chi connectivity index (χ2v) is 17.2. The van der Waals surface area contributed by atoms with Crippen LogP contribution in [0.4, 0.5) is 4.79 Å². The van der Waals surface area contributed by atoms with Crippen molar-refractivity contribution in [3.63, 3.8) is 0 Å². The monoisotopic (exact) mass is 793 g/mol. The highest BCUT2D eigenvalue weighted by Gasteiger charge is 2.78. The number of ketones is 1. The van der Waals surface area contributed by atoms with E-state index in [4.69, 9.17) is 24.7 Å². The van der Waals surface area contributed by atoms with E-state index in [1.165, 1.54) is 26.0 Å². The molecule has 1 aliphatic heterocycles. The number of carbonyl (C=O) groups excluding carboxylic acids is 5. The lowest BCUT2D eigenvalue weighted by Gasteiger charge is -2.67. The number of amides is 1. The molecule has 14 nitrogen and oxygen atoms in total. The Morgan fingerprint density at radius 2 is 1.54 bits per heavy atom. The molecule has 6 unspecified atom stereocenters. The second kappa shape index (κ2) is 16.0. The number of ether oxygens (including phenoxy) is 5. The lowest BCUT2D eigenvalue weighted by molar-refractivity contribution is -0.345. The van der Waals surface area contributed by atoms with Crippen LogP contribution in [-0.2, 0) is 44.5 Å². The van der Waals surface area contributed by atoms with Crippen LogP contribution in [0.2, 0.25) is 0 Å². The second-order valence-electron chi connectivity index (χ2n) is 17.2. The van der Waals surface area contributed by atoms with Crippen LogP contribution in [0.15, 0.2) is 71.8 Å². The minimum Gasteiger partial charge on any atom is -0.458 e. The molecule has 2 saturated carbocycles. The fourth-order valence-corrected chi connectivity index (χ4v) is 9.18. The molecule has 1 heterocycles. The van der Waals surface area contributed by atoms with Crippen LogP contribution in [-0.4, -0.2) is 99.0 Å². The van der Waals surface area contributed by atoms with Crippen LogP contribution in [0.1, 0.15) is 90.6 Å². The van der Waals surface area contributed by atoms with E-state index >= 15 is 0 Å². The number of Topliss-reactive ketones (excluding diaryl/α,β-unsaturated/α-hetero) is 1. The Morgan fingerprint density at radius 1 is 0.947 bits per heavy atom. The van der Waals surface area contributed by atoms with Crippen molar-refractivity contribution in [3.05, 3.63) is 82.9 Å². The normalized spacial score (nSPS) is 32.6. The molecule has 2 aromatic rings. The molecule has 1 saturated heterocycles.